The number of hydrogen-bond donors (Lipinski definition) is 2. The van der Waals surface area contributed by atoms with E-state index < -0.39 is 6.04 Å². The smallest absolute Gasteiger partial charge is 0.243 e. The first-order valence-electron chi connectivity index (χ1n) is 9.24. The summed E-state index contributed by atoms with van der Waals surface area (Å²) in [6.07, 6.45) is 1.32. The van der Waals surface area contributed by atoms with Crippen LogP contribution in [-0.4, -0.2) is 38.5 Å². The molecule has 2 aromatic rings. The average molecular weight is 378 g/mol. The molecule has 6 heteroatoms. The molecule has 2 amide bonds. The third-order valence-corrected chi connectivity index (χ3v) is 4.38. The Kier molecular flexibility index (Phi) is 8.04. The second-order valence-electron chi connectivity index (χ2n) is 6.76. The molecule has 28 heavy (non-hydrogen) atoms. The van der Waals surface area contributed by atoms with Crippen molar-refractivity contribution in [2.75, 3.05) is 25.5 Å². The van der Waals surface area contributed by atoms with Gasteiger partial charge in [-0.3, -0.25) is 9.59 Å². The van der Waals surface area contributed by atoms with Gasteiger partial charge in [0.1, 0.15) is 12.6 Å². The predicted molar refractivity (Wildman–Crippen MR) is 110 cm³/mol. The number of carbonyl (C=O) groups excluding carboxylic acids is 2. The van der Waals surface area contributed by atoms with Crippen LogP contribution in [0.1, 0.15) is 17.5 Å². The van der Waals surface area contributed by atoms with E-state index in [0.29, 0.717) is 12.8 Å². The van der Waals surface area contributed by atoms with Gasteiger partial charge < -0.3 is 15.5 Å². The molecule has 0 unspecified atom stereocenters. The minimum Gasteiger partial charge on any atom is -0.378 e. The number of hydrogen-bond acceptors (Lipinski definition) is 4. The Morgan fingerprint density at radius 3 is 2.32 bits per heavy atom. The molecule has 0 saturated carbocycles. The fourth-order valence-electron chi connectivity index (χ4n) is 2.82. The lowest BCUT2D eigenvalue weighted by atomic mass is 10.0. The number of aryl methyl sites for hydroxylation is 1. The van der Waals surface area contributed by atoms with Crippen LogP contribution in [0.5, 0.6) is 0 Å². The largest absolute Gasteiger partial charge is 0.378 e. The highest BCUT2D eigenvalue weighted by Gasteiger charge is 2.20. The predicted octanol–water partition coefficient (Wildman–Crippen LogP) is 2.05. The Morgan fingerprint density at radius 1 is 1.04 bits per heavy atom. The molecule has 2 N–H and O–H groups in total. The monoisotopic (exact) mass is 378 g/mol. The number of amides is 2. The highest BCUT2D eigenvalue weighted by molar-refractivity contribution is 5.88. The summed E-state index contributed by atoms with van der Waals surface area (Å²) in [5.41, 5.74) is 3.03. The Bertz CT molecular complexity index is 811. The summed E-state index contributed by atoms with van der Waals surface area (Å²) in [4.78, 5) is 26.8. The van der Waals surface area contributed by atoms with E-state index in [4.69, 9.17) is 5.26 Å². The molecule has 0 radical (unpaired) electrons. The number of nitrogens with zero attached hydrogens (tertiary/aromatic N) is 2. The van der Waals surface area contributed by atoms with Gasteiger partial charge in [-0.25, -0.2) is 0 Å². The molecule has 0 aromatic heterocycles. The van der Waals surface area contributed by atoms with Crippen molar-refractivity contribution in [2.24, 2.45) is 0 Å². The zero-order valence-electron chi connectivity index (χ0n) is 16.3. The van der Waals surface area contributed by atoms with Crippen LogP contribution in [0.25, 0.3) is 0 Å². The maximum Gasteiger partial charge on any atom is 0.243 e. The SMILES string of the molecule is CN(C)c1ccc(CC(=O)N[C@@H](CCc2ccccc2)C(=O)NCC#N)cc1. The molecule has 146 valence electrons. The van der Waals surface area contributed by atoms with Crippen LogP contribution in [0.2, 0.25) is 0 Å². The number of benzene rings is 2. The van der Waals surface area contributed by atoms with E-state index in [1.54, 1.807) is 0 Å². The van der Waals surface area contributed by atoms with E-state index in [1.807, 2.05) is 79.7 Å². The summed E-state index contributed by atoms with van der Waals surface area (Å²) < 4.78 is 0. The second kappa shape index (κ2) is 10.7. The van der Waals surface area contributed by atoms with Crippen LogP contribution in [0.3, 0.4) is 0 Å². The van der Waals surface area contributed by atoms with Gasteiger partial charge in [0, 0.05) is 19.8 Å². The quantitative estimate of drug-likeness (QED) is 0.654. The molecule has 2 aromatic carbocycles. The molecule has 0 bridgehead atoms. The summed E-state index contributed by atoms with van der Waals surface area (Å²) in [6.45, 7) is -0.0808. The Labute approximate surface area is 166 Å². The highest BCUT2D eigenvalue weighted by Crippen LogP contribution is 2.13. The zero-order valence-corrected chi connectivity index (χ0v) is 16.3. The molecule has 0 aliphatic rings. The molecule has 2 rings (SSSR count). The molecular formula is C22H26N4O2. The molecular weight excluding hydrogens is 352 g/mol. The Hall–Kier alpha value is -3.33. The molecule has 0 spiro atoms. The number of nitrogens with one attached hydrogen (secondary N) is 2. The summed E-state index contributed by atoms with van der Waals surface area (Å²) in [5.74, 6) is -0.559. The maximum atomic E-state index is 12.5. The maximum absolute atomic E-state index is 12.5. The van der Waals surface area contributed by atoms with Crippen LogP contribution in [-0.2, 0) is 22.4 Å². The summed E-state index contributed by atoms with van der Waals surface area (Å²) in [7, 11) is 3.91. The lowest BCUT2D eigenvalue weighted by Crippen LogP contribution is -2.47. The molecule has 1 atom stereocenters. The summed E-state index contributed by atoms with van der Waals surface area (Å²) in [5, 5.41) is 14.0. The van der Waals surface area contributed by atoms with E-state index >= 15 is 0 Å². The standard InChI is InChI=1S/C22H26N4O2/c1-26(2)19-11-8-18(9-12-19)16-21(27)25-20(22(28)24-15-14-23)13-10-17-6-4-3-5-7-17/h3-9,11-12,20H,10,13,15-16H2,1-2H3,(H,24,28)(H,25,27)/t20-/m0/s1. The number of rotatable bonds is 9. The first kappa shape index (κ1) is 21.0. The van der Waals surface area contributed by atoms with E-state index in [2.05, 4.69) is 10.6 Å². The van der Waals surface area contributed by atoms with Gasteiger partial charge in [0.2, 0.25) is 11.8 Å². The second-order valence-corrected chi connectivity index (χ2v) is 6.76. The average Bonchev–Trinajstić information content (AvgIpc) is 2.70. The van der Waals surface area contributed by atoms with Crippen molar-refractivity contribution in [3.8, 4) is 6.07 Å². The Morgan fingerprint density at radius 2 is 1.71 bits per heavy atom. The minimum absolute atomic E-state index is 0.0808. The molecule has 0 fully saturated rings. The van der Waals surface area contributed by atoms with Gasteiger partial charge in [-0.1, -0.05) is 42.5 Å². The van der Waals surface area contributed by atoms with E-state index in [9.17, 15) is 9.59 Å². The summed E-state index contributed by atoms with van der Waals surface area (Å²) in [6, 6.07) is 18.7. The van der Waals surface area contributed by atoms with E-state index in [-0.39, 0.29) is 24.8 Å². The molecule has 0 aliphatic heterocycles. The lowest BCUT2D eigenvalue weighted by molar-refractivity contribution is -0.128. The molecule has 0 aliphatic carbocycles. The van der Waals surface area contributed by atoms with Crippen molar-refractivity contribution in [1.82, 2.24) is 10.6 Å². The molecule has 0 heterocycles. The molecule has 6 nitrogen and oxygen atoms in total. The van der Waals surface area contributed by atoms with Crippen LogP contribution >= 0.6 is 0 Å². The minimum atomic E-state index is -0.679. The van der Waals surface area contributed by atoms with E-state index in [0.717, 1.165) is 16.8 Å². The fourth-order valence-corrected chi connectivity index (χ4v) is 2.82. The van der Waals surface area contributed by atoms with Gasteiger partial charge in [-0.15, -0.1) is 0 Å². The van der Waals surface area contributed by atoms with Crippen LogP contribution < -0.4 is 15.5 Å². The van der Waals surface area contributed by atoms with Crippen molar-refractivity contribution >= 4 is 17.5 Å². The first-order chi connectivity index (χ1) is 13.5. The number of carbonyl (C=O) groups is 2. The number of anilines is 1. The van der Waals surface area contributed by atoms with Gasteiger partial charge in [0.15, 0.2) is 0 Å². The summed E-state index contributed by atoms with van der Waals surface area (Å²) >= 11 is 0. The van der Waals surface area contributed by atoms with Crippen molar-refractivity contribution in [3.63, 3.8) is 0 Å². The lowest BCUT2D eigenvalue weighted by Gasteiger charge is -2.18. The van der Waals surface area contributed by atoms with Gasteiger partial charge in [0.05, 0.1) is 12.5 Å². The fraction of sp³-hybridized carbons (Fsp3) is 0.318. The third-order valence-electron chi connectivity index (χ3n) is 4.38. The van der Waals surface area contributed by atoms with Crippen LogP contribution in [0.4, 0.5) is 5.69 Å². The Balaban J connectivity index is 1.98. The highest BCUT2D eigenvalue weighted by atomic mass is 16.2. The van der Waals surface area contributed by atoms with Crippen LogP contribution in [0, 0.1) is 11.3 Å². The van der Waals surface area contributed by atoms with Gasteiger partial charge >= 0.3 is 0 Å². The van der Waals surface area contributed by atoms with Gasteiger partial charge in [-0.05, 0) is 36.1 Å². The van der Waals surface area contributed by atoms with Crippen molar-refractivity contribution in [2.45, 2.75) is 25.3 Å². The van der Waals surface area contributed by atoms with Crippen molar-refractivity contribution in [3.05, 3.63) is 65.7 Å². The van der Waals surface area contributed by atoms with Gasteiger partial charge in [-0.2, -0.15) is 5.26 Å². The van der Waals surface area contributed by atoms with Crippen molar-refractivity contribution < 1.29 is 9.59 Å². The van der Waals surface area contributed by atoms with E-state index in [1.165, 1.54) is 0 Å². The third kappa shape index (κ3) is 6.76. The van der Waals surface area contributed by atoms with Crippen molar-refractivity contribution in [1.29, 1.82) is 5.26 Å². The van der Waals surface area contributed by atoms with Gasteiger partial charge in [0.25, 0.3) is 0 Å². The first-order valence-corrected chi connectivity index (χ1v) is 9.24. The number of nitriles is 1. The topological polar surface area (TPSA) is 85.2 Å². The normalized spacial score (nSPS) is 11.2. The van der Waals surface area contributed by atoms with Crippen LogP contribution in [0.15, 0.2) is 54.6 Å². The zero-order chi connectivity index (χ0) is 20.4. The molecule has 0 saturated heterocycles.